The molecule has 31 nitrogen and oxygen atoms in total. The van der Waals surface area contributed by atoms with Gasteiger partial charge in [0, 0.05) is 55.0 Å². The van der Waals surface area contributed by atoms with E-state index in [4.69, 9.17) is 4.74 Å². The highest BCUT2D eigenvalue weighted by atomic mass is 32.2. The number of aliphatic imine (C=N–C) groups is 1. The van der Waals surface area contributed by atoms with E-state index in [1.807, 2.05) is 42.5 Å². The number of rotatable bonds is 16. The minimum Gasteiger partial charge on any atom is -0.507 e. The van der Waals surface area contributed by atoms with Gasteiger partial charge in [0.15, 0.2) is 54.7 Å². The van der Waals surface area contributed by atoms with Crippen LogP contribution < -0.4 is 20.7 Å². The molecule has 0 aliphatic rings. The van der Waals surface area contributed by atoms with Crippen molar-refractivity contribution in [2.75, 3.05) is 34.0 Å². The number of nitrogens with one attached hydrogen (secondary N) is 4. The largest absolute Gasteiger partial charge is 0.507 e. The Labute approximate surface area is 593 Å². The zero-order valence-corrected chi connectivity index (χ0v) is 57.4. The van der Waals surface area contributed by atoms with Crippen LogP contribution >= 0.6 is 46.1 Å². The molecule has 0 bridgehead atoms. The third kappa shape index (κ3) is 18.0. The summed E-state index contributed by atoms with van der Waals surface area (Å²) in [6.45, 7) is 2.70. The number of carbonyl (C=O) groups excluding carboxylic acids is 3. The van der Waals surface area contributed by atoms with Crippen LogP contribution in [0.1, 0.15) is 24.2 Å². The summed E-state index contributed by atoms with van der Waals surface area (Å²) in [6.07, 6.45) is 8.87. The number of benzene rings is 6. The molecular formula is C66H51N21O10S5. The smallest absolute Gasteiger partial charge is 0.255 e. The Balaban J connectivity index is 0.000000137. The van der Waals surface area contributed by atoms with Crippen LogP contribution in [0.25, 0.3) is 54.9 Å². The first-order valence-corrected chi connectivity index (χ1v) is 34.5. The third-order valence-electron chi connectivity index (χ3n) is 13.5. The van der Waals surface area contributed by atoms with E-state index in [1.54, 1.807) is 110 Å². The number of hydrogen-bond acceptors (Lipinski definition) is 31. The molecule has 0 spiro atoms. The summed E-state index contributed by atoms with van der Waals surface area (Å²) in [5, 5.41) is 88.2. The number of sulfonamides is 1. The van der Waals surface area contributed by atoms with Crippen molar-refractivity contribution in [1.82, 2.24) is 37.4 Å². The number of methoxy groups -OCH3 is 1. The molecule has 14 aromatic rings. The monoisotopic (exact) mass is 1460 g/mol. The van der Waals surface area contributed by atoms with Crippen molar-refractivity contribution in [1.29, 1.82) is 0 Å². The summed E-state index contributed by atoms with van der Waals surface area (Å²) >= 11 is 4.78. The fourth-order valence-corrected chi connectivity index (χ4v) is 12.2. The fourth-order valence-electron chi connectivity index (χ4n) is 9.03. The molecule has 8 aromatic heterocycles. The number of aromatic nitrogens is 8. The van der Waals surface area contributed by atoms with Crippen molar-refractivity contribution < 1.29 is 48.0 Å². The first kappa shape index (κ1) is 70.3. The van der Waals surface area contributed by atoms with Gasteiger partial charge in [-0.05, 0) is 174 Å². The summed E-state index contributed by atoms with van der Waals surface area (Å²) in [4.78, 5) is 55.3. The summed E-state index contributed by atoms with van der Waals surface area (Å²) in [6, 6.07) is 43.7. The minimum absolute atomic E-state index is 0.0263. The Bertz CT molecular complexity index is 5710. The summed E-state index contributed by atoms with van der Waals surface area (Å²) < 4.78 is 47.2. The second-order valence-corrected chi connectivity index (χ2v) is 25.6. The predicted molar refractivity (Wildman–Crippen MR) is 393 cm³/mol. The van der Waals surface area contributed by atoms with Crippen LogP contribution in [0.15, 0.2) is 228 Å². The van der Waals surface area contributed by atoms with Gasteiger partial charge in [-0.2, -0.15) is 17.5 Å². The van der Waals surface area contributed by atoms with Crippen molar-refractivity contribution in [3.05, 3.63) is 188 Å². The molecular weight excluding hydrogens is 1410 g/mol. The molecule has 102 heavy (non-hydrogen) atoms. The molecule has 8 N–H and O–H groups in total. The first-order valence-electron chi connectivity index (χ1n) is 29.6. The van der Waals surface area contributed by atoms with E-state index in [2.05, 4.69) is 104 Å². The maximum atomic E-state index is 12.3. The average Bonchev–Trinajstić information content (AvgIpc) is 1.09. The lowest BCUT2D eigenvalue weighted by molar-refractivity contribution is -0.115. The van der Waals surface area contributed by atoms with E-state index in [9.17, 15) is 43.2 Å². The molecule has 36 heteroatoms. The van der Waals surface area contributed by atoms with Gasteiger partial charge in [0.1, 0.15) is 22.9 Å². The molecule has 0 saturated carbocycles. The number of hydrogen-bond donors (Lipinski definition) is 8. The number of phenols is 4. The van der Waals surface area contributed by atoms with Gasteiger partial charge in [-0.25, -0.2) is 33.3 Å². The molecule has 510 valence electrons. The van der Waals surface area contributed by atoms with Gasteiger partial charge in [0.05, 0.1) is 80.4 Å². The summed E-state index contributed by atoms with van der Waals surface area (Å²) in [5.74, 6) is -1.26. The van der Waals surface area contributed by atoms with Gasteiger partial charge in [-0.15, -0.1) is 40.9 Å². The molecule has 0 atom stereocenters. The van der Waals surface area contributed by atoms with Crippen LogP contribution in [0.2, 0.25) is 0 Å². The molecule has 6 aromatic carbocycles. The number of aromatic hydroxyl groups is 4. The van der Waals surface area contributed by atoms with Crippen LogP contribution in [0.3, 0.4) is 0 Å². The van der Waals surface area contributed by atoms with Crippen molar-refractivity contribution in [3.63, 3.8) is 0 Å². The van der Waals surface area contributed by atoms with Gasteiger partial charge in [-0.1, -0.05) is 30.3 Å². The first-order chi connectivity index (χ1) is 49.3. The normalized spacial score (nSPS) is 11.5. The fraction of sp³-hybridized carbons (Fsp3) is 0.0606. The van der Waals surface area contributed by atoms with Crippen molar-refractivity contribution >= 4 is 206 Å². The molecule has 0 unspecified atom stereocenters. The number of nitrogens with zero attached hydrogens (tertiary/aromatic N) is 17. The van der Waals surface area contributed by atoms with Crippen molar-refractivity contribution in [2.24, 2.45) is 45.9 Å². The number of ether oxygens (including phenoxy) is 1. The van der Waals surface area contributed by atoms with E-state index >= 15 is 0 Å². The van der Waals surface area contributed by atoms with Gasteiger partial charge in [0.2, 0.25) is 21.8 Å². The molecule has 14 rings (SSSR count). The zero-order chi connectivity index (χ0) is 71.7. The molecule has 3 amide bonds. The second kappa shape index (κ2) is 32.6. The van der Waals surface area contributed by atoms with Gasteiger partial charge in [-0.3, -0.25) is 19.1 Å². The van der Waals surface area contributed by atoms with Crippen LogP contribution in [-0.2, 0) is 24.3 Å². The number of amides is 3. The molecule has 0 aliphatic carbocycles. The van der Waals surface area contributed by atoms with Crippen LogP contribution in [0, 0.1) is 0 Å². The molecule has 0 aliphatic heterocycles. The van der Waals surface area contributed by atoms with Crippen LogP contribution in [-0.4, -0.2) is 104 Å². The van der Waals surface area contributed by atoms with E-state index in [-0.39, 0.29) is 63.5 Å². The summed E-state index contributed by atoms with van der Waals surface area (Å²) in [5.41, 5.74) is 6.01. The highest BCUT2D eigenvalue weighted by molar-refractivity contribution is 7.92. The van der Waals surface area contributed by atoms with E-state index in [0.717, 1.165) is 34.2 Å². The zero-order valence-electron chi connectivity index (χ0n) is 53.3. The number of anilines is 4. The number of phenolic OH excluding ortho intramolecular Hbond substituents is 4. The average molecular weight is 1460 g/mol. The van der Waals surface area contributed by atoms with Gasteiger partial charge >= 0.3 is 0 Å². The van der Waals surface area contributed by atoms with E-state index < -0.39 is 10.0 Å². The summed E-state index contributed by atoms with van der Waals surface area (Å²) in [7, 11) is -2.07. The van der Waals surface area contributed by atoms with Gasteiger partial charge < -0.3 is 41.1 Å². The Hall–Kier alpha value is -13.0. The Kier molecular flexibility index (Phi) is 22.4. The minimum atomic E-state index is -3.50. The van der Waals surface area contributed by atoms with Crippen LogP contribution in [0.5, 0.6) is 23.0 Å². The number of carbonyl (C=O) groups is 3. The quantitative estimate of drug-likeness (QED) is 0.0193. The maximum Gasteiger partial charge on any atom is 0.255 e. The molecule has 0 radical (unpaired) electrons. The predicted octanol–water partition coefficient (Wildman–Crippen LogP) is 17.2. The Morgan fingerprint density at radius 3 is 1.34 bits per heavy atom. The lowest BCUT2D eigenvalue weighted by atomic mass is 10.1. The van der Waals surface area contributed by atoms with Crippen molar-refractivity contribution in [2.45, 2.75) is 13.8 Å². The SMILES string of the molecule is CC(=O)Nc1cc(N=Nc2snc3ncccc23)ccc1O.COC=Nc1cc(N=Nc2snc3ncccc23)cc(NC(C)=O)c1O.CS(=O)(=O)Nc1cccc2c(N=Nc3snc4ncccc34)ccc(O)c12.O=C(Nc1cc(N=Nc2snc3ncccc23)ccc1O)c1ccccc1. The molecule has 0 saturated heterocycles. The molecule has 0 fully saturated rings. The Morgan fingerprint density at radius 1 is 0.441 bits per heavy atom. The van der Waals surface area contributed by atoms with Crippen molar-refractivity contribution in [3.8, 4) is 23.0 Å². The number of pyridine rings is 4. The van der Waals surface area contributed by atoms with Gasteiger partial charge in [0.25, 0.3) is 5.91 Å². The van der Waals surface area contributed by atoms with E-state index in [0.29, 0.717) is 87.4 Å². The number of azo groups is 4. The second-order valence-electron chi connectivity index (χ2n) is 20.9. The third-order valence-corrected chi connectivity index (χ3v) is 17.0. The molecule has 8 heterocycles. The topological polar surface area (TPSA) is 438 Å². The Morgan fingerprint density at radius 2 is 0.873 bits per heavy atom. The highest BCUT2D eigenvalue weighted by Crippen LogP contribution is 2.43. The van der Waals surface area contributed by atoms with Crippen LogP contribution in [0.4, 0.5) is 71.2 Å². The highest BCUT2D eigenvalue weighted by Gasteiger charge is 2.17. The standard InChI is InChI=1S/C19H13N5O2S.C17H13N5O3S2.C16H14N6O3S.C14H11N5O2S/c25-16-9-8-13(11-15(16)21-18(26)12-5-2-1-3-6-12)22-23-19-14-7-4-10-20-17(14)24-27-19;1-27(24,25)22-13-6-2-4-10-12(7-8-14(23)15(10)13)19-20-17-11-5-3-9-18-16(11)21-26-17;1-9(23)19-13-7-10(6-12(14(13)24)18-8-25-2)20-21-16-11-4-3-5-17-15(11)22-26-16;1-8(20)16-11-7-9(4-5-12(11)21)17-18-14-10-3-2-6-15-13(10)19-22-14/h1-11,25H,(H,21,26);2-9,22-23H,1H3;3-8,24H,1-2H3,(H,19,23);2-7,21H,1H3,(H,16,20). The lowest BCUT2D eigenvalue weighted by Gasteiger charge is -2.10. The van der Waals surface area contributed by atoms with E-state index in [1.165, 1.54) is 97.4 Å². The maximum absolute atomic E-state index is 12.3. The number of fused-ring (bicyclic) bond motifs is 5. The lowest BCUT2D eigenvalue weighted by Crippen LogP contribution is -2.11.